The third kappa shape index (κ3) is 3.98. The van der Waals surface area contributed by atoms with Crippen molar-refractivity contribution in [3.8, 4) is 0 Å². The van der Waals surface area contributed by atoms with Crippen LogP contribution < -0.4 is 10.6 Å². The number of halogens is 1. The van der Waals surface area contributed by atoms with E-state index in [1.54, 1.807) is 26.1 Å². The Balaban J connectivity index is 1.77. The van der Waals surface area contributed by atoms with E-state index >= 15 is 0 Å². The van der Waals surface area contributed by atoms with Crippen LogP contribution in [0.4, 0.5) is 4.39 Å². The number of likely N-dealkylation sites (N-methyl/N-ethyl adjacent to an activating group) is 1. The second-order valence-electron chi connectivity index (χ2n) is 7.28. The van der Waals surface area contributed by atoms with Crippen molar-refractivity contribution in [1.82, 2.24) is 25.3 Å². The van der Waals surface area contributed by atoms with E-state index in [-0.39, 0.29) is 42.1 Å². The minimum atomic E-state index is -1.19. The molecule has 0 radical (unpaired) electrons. The smallest absolute Gasteiger partial charge is 0.272 e. The summed E-state index contributed by atoms with van der Waals surface area (Å²) in [5.41, 5.74) is -0.0419. The van der Waals surface area contributed by atoms with E-state index in [0.29, 0.717) is 6.54 Å². The highest BCUT2D eigenvalue weighted by Crippen LogP contribution is 2.26. The number of hydrogen-bond donors (Lipinski definition) is 2. The van der Waals surface area contributed by atoms with Gasteiger partial charge in [0.2, 0.25) is 5.91 Å². The zero-order valence-corrected chi connectivity index (χ0v) is 16.7. The third-order valence-electron chi connectivity index (χ3n) is 5.13. The number of fused-ring (bicyclic) bond motifs is 1. The van der Waals surface area contributed by atoms with Gasteiger partial charge in [-0.1, -0.05) is 19.1 Å². The van der Waals surface area contributed by atoms with E-state index in [1.807, 2.05) is 6.92 Å². The molecule has 1 aromatic heterocycles. The molecule has 0 saturated carbocycles. The molecule has 3 rings (SSSR count). The minimum absolute atomic E-state index is 0.112. The lowest BCUT2D eigenvalue weighted by Crippen LogP contribution is -2.62. The predicted octanol–water partition coefficient (Wildman–Crippen LogP) is 1.32. The number of nitrogens with one attached hydrogen (secondary N) is 2. The van der Waals surface area contributed by atoms with Crippen LogP contribution in [0.3, 0.4) is 0 Å². The van der Waals surface area contributed by atoms with Crippen molar-refractivity contribution in [2.45, 2.75) is 38.9 Å². The van der Waals surface area contributed by atoms with Gasteiger partial charge in [-0.25, -0.2) is 4.39 Å². The van der Waals surface area contributed by atoms with Gasteiger partial charge in [0.15, 0.2) is 5.69 Å². The summed E-state index contributed by atoms with van der Waals surface area (Å²) >= 11 is 0. The fourth-order valence-electron chi connectivity index (χ4n) is 3.14. The molecule has 0 spiro atoms. The fraction of sp³-hybridized carbons (Fsp3) is 0.400. The average molecular weight is 401 g/mol. The van der Waals surface area contributed by atoms with Crippen molar-refractivity contribution in [3.63, 3.8) is 0 Å². The molecule has 1 aromatic carbocycles. The summed E-state index contributed by atoms with van der Waals surface area (Å²) in [4.78, 5) is 39.2. The highest BCUT2D eigenvalue weighted by Gasteiger charge is 2.46. The number of carbonyl (C=O) groups excluding carboxylic acids is 3. The largest absolute Gasteiger partial charge is 0.351 e. The summed E-state index contributed by atoms with van der Waals surface area (Å²) in [6, 6.07) is 7.25. The second-order valence-corrected chi connectivity index (χ2v) is 7.28. The van der Waals surface area contributed by atoms with Gasteiger partial charge in [-0.3, -0.25) is 19.1 Å². The van der Waals surface area contributed by atoms with Crippen molar-refractivity contribution in [2.24, 2.45) is 0 Å². The molecule has 0 unspecified atom stereocenters. The number of amides is 3. The molecule has 2 aromatic rings. The molecular formula is C20H24FN5O3. The Kier molecular flexibility index (Phi) is 5.67. The Labute approximate surface area is 168 Å². The van der Waals surface area contributed by atoms with Crippen molar-refractivity contribution in [1.29, 1.82) is 0 Å². The van der Waals surface area contributed by atoms with Crippen LogP contribution in [-0.4, -0.2) is 51.5 Å². The van der Waals surface area contributed by atoms with Crippen LogP contribution in [0.2, 0.25) is 0 Å². The molecule has 2 heterocycles. The Morgan fingerprint density at radius 2 is 1.93 bits per heavy atom. The third-order valence-corrected chi connectivity index (χ3v) is 5.13. The van der Waals surface area contributed by atoms with Crippen LogP contribution in [0.15, 0.2) is 30.3 Å². The first-order valence-electron chi connectivity index (χ1n) is 9.43. The zero-order chi connectivity index (χ0) is 21.2. The monoisotopic (exact) mass is 401 g/mol. The van der Waals surface area contributed by atoms with E-state index in [1.165, 1.54) is 27.8 Å². The van der Waals surface area contributed by atoms with Gasteiger partial charge < -0.3 is 15.5 Å². The Bertz CT molecular complexity index is 940. The van der Waals surface area contributed by atoms with Gasteiger partial charge >= 0.3 is 0 Å². The van der Waals surface area contributed by atoms with Crippen LogP contribution >= 0.6 is 0 Å². The highest BCUT2D eigenvalue weighted by atomic mass is 19.1. The zero-order valence-electron chi connectivity index (χ0n) is 16.7. The lowest BCUT2D eigenvalue weighted by molar-refractivity contribution is -0.132. The summed E-state index contributed by atoms with van der Waals surface area (Å²) in [5.74, 6) is -1.46. The first kappa shape index (κ1) is 20.5. The molecule has 9 heteroatoms. The number of carbonyl (C=O) groups is 3. The molecule has 0 aliphatic carbocycles. The lowest BCUT2D eigenvalue weighted by atomic mass is 9.96. The van der Waals surface area contributed by atoms with Crippen molar-refractivity contribution >= 4 is 17.7 Å². The number of hydrogen-bond acceptors (Lipinski definition) is 4. The predicted molar refractivity (Wildman–Crippen MR) is 104 cm³/mol. The molecule has 0 bridgehead atoms. The highest BCUT2D eigenvalue weighted by molar-refractivity contribution is 6.01. The van der Waals surface area contributed by atoms with Gasteiger partial charge in [-0.15, -0.1) is 0 Å². The Morgan fingerprint density at radius 1 is 1.24 bits per heavy atom. The van der Waals surface area contributed by atoms with Crippen LogP contribution in [0.25, 0.3) is 0 Å². The van der Waals surface area contributed by atoms with Gasteiger partial charge in [0.25, 0.3) is 11.8 Å². The van der Waals surface area contributed by atoms with Crippen LogP contribution in [0.5, 0.6) is 0 Å². The average Bonchev–Trinajstić information content (AvgIpc) is 3.13. The van der Waals surface area contributed by atoms with Crippen molar-refractivity contribution in [2.75, 3.05) is 13.6 Å². The fourth-order valence-corrected chi connectivity index (χ4v) is 3.14. The summed E-state index contributed by atoms with van der Waals surface area (Å²) < 4.78 is 14.4. The standard InChI is InChI=1S/C20H24FN5O3/c1-4-9-22-17(27)15-10-16-18(28)25(3)20(2,12-26(16)24-15)19(29)23-11-13-5-7-14(21)8-6-13/h5-8,10H,4,9,11-12H2,1-3H3,(H,22,27)(H,23,29)/t20-/m1/s1. The SMILES string of the molecule is CCCNC(=O)c1cc2n(n1)C[C@](C)(C(=O)NCc1ccc(F)cc1)N(C)C2=O. The Morgan fingerprint density at radius 3 is 2.59 bits per heavy atom. The molecule has 1 atom stereocenters. The maximum absolute atomic E-state index is 13.0. The lowest BCUT2D eigenvalue weighted by Gasteiger charge is -2.40. The number of nitrogens with zero attached hydrogens (tertiary/aromatic N) is 3. The number of aromatic nitrogens is 2. The van der Waals surface area contributed by atoms with Gasteiger partial charge in [-0.2, -0.15) is 5.10 Å². The van der Waals surface area contributed by atoms with Gasteiger partial charge in [0.1, 0.15) is 17.1 Å². The summed E-state index contributed by atoms with van der Waals surface area (Å²) in [5, 5.41) is 9.75. The topological polar surface area (TPSA) is 96.3 Å². The van der Waals surface area contributed by atoms with E-state index < -0.39 is 11.4 Å². The van der Waals surface area contributed by atoms with E-state index in [9.17, 15) is 18.8 Å². The summed E-state index contributed by atoms with van der Waals surface area (Å²) in [7, 11) is 1.55. The normalized spacial score (nSPS) is 18.3. The van der Waals surface area contributed by atoms with Crippen LogP contribution in [-0.2, 0) is 17.9 Å². The van der Waals surface area contributed by atoms with Crippen LogP contribution in [0.1, 0.15) is 46.8 Å². The first-order chi connectivity index (χ1) is 13.8. The molecule has 3 amide bonds. The van der Waals surface area contributed by atoms with Crippen molar-refractivity contribution in [3.05, 3.63) is 53.1 Å². The molecule has 0 saturated heterocycles. The van der Waals surface area contributed by atoms with Gasteiger partial charge in [-0.05, 0) is 31.0 Å². The van der Waals surface area contributed by atoms with Crippen LogP contribution in [0, 0.1) is 5.82 Å². The molecule has 154 valence electrons. The minimum Gasteiger partial charge on any atom is -0.351 e. The van der Waals surface area contributed by atoms with E-state index in [2.05, 4.69) is 15.7 Å². The summed E-state index contributed by atoms with van der Waals surface area (Å²) in [6.45, 7) is 4.41. The van der Waals surface area contributed by atoms with Crippen molar-refractivity contribution < 1.29 is 18.8 Å². The maximum atomic E-state index is 13.0. The molecule has 1 aliphatic rings. The second kappa shape index (κ2) is 8.02. The Hall–Kier alpha value is -3.23. The molecular weight excluding hydrogens is 377 g/mol. The number of rotatable bonds is 6. The van der Waals surface area contributed by atoms with E-state index in [0.717, 1.165) is 12.0 Å². The summed E-state index contributed by atoms with van der Waals surface area (Å²) in [6.07, 6.45) is 0.785. The molecule has 2 N–H and O–H groups in total. The first-order valence-corrected chi connectivity index (χ1v) is 9.43. The maximum Gasteiger partial charge on any atom is 0.272 e. The van der Waals surface area contributed by atoms with Gasteiger partial charge in [0, 0.05) is 26.2 Å². The van der Waals surface area contributed by atoms with E-state index in [4.69, 9.17) is 0 Å². The quantitative estimate of drug-likeness (QED) is 0.763. The molecule has 0 fully saturated rings. The molecule has 8 nitrogen and oxygen atoms in total. The van der Waals surface area contributed by atoms with Gasteiger partial charge in [0.05, 0.1) is 6.54 Å². The number of benzene rings is 1. The molecule has 29 heavy (non-hydrogen) atoms. The molecule has 1 aliphatic heterocycles.